The molecule has 1 aliphatic heterocycles. The van der Waals surface area contributed by atoms with Crippen molar-refractivity contribution in [2.45, 2.75) is 52.8 Å². The van der Waals surface area contributed by atoms with Crippen LogP contribution in [-0.2, 0) is 0 Å². The van der Waals surface area contributed by atoms with Gasteiger partial charge in [-0.15, -0.1) is 0 Å². The van der Waals surface area contributed by atoms with Crippen LogP contribution < -0.4 is 0 Å². The summed E-state index contributed by atoms with van der Waals surface area (Å²) in [6.45, 7) is 11.5. The summed E-state index contributed by atoms with van der Waals surface area (Å²) in [6.07, 6.45) is 0.700. The van der Waals surface area contributed by atoms with Crippen LogP contribution >= 0.6 is 0 Å². The molecule has 0 amide bonds. The van der Waals surface area contributed by atoms with E-state index in [-0.39, 0.29) is 0 Å². The van der Waals surface area contributed by atoms with E-state index in [0.29, 0.717) is 19.0 Å². The molecule has 1 rings (SSSR count). The van der Waals surface area contributed by atoms with E-state index in [0.717, 1.165) is 6.54 Å². The Labute approximate surface area is 75.9 Å². The standard InChI is InChI=1S/C8H16FN.C2H6/c1-7(2)10-5-4-8(3,9)6-10;1-2/h7H,4-6H2,1-3H3;1-2H3. The number of hydrogen-bond donors (Lipinski definition) is 0. The Kier molecular flexibility index (Phi) is 4.76. The van der Waals surface area contributed by atoms with Crippen molar-refractivity contribution >= 4 is 0 Å². The minimum Gasteiger partial charge on any atom is -0.298 e. The smallest absolute Gasteiger partial charge is 0.122 e. The van der Waals surface area contributed by atoms with E-state index in [1.54, 1.807) is 6.92 Å². The normalized spacial score (nSPS) is 30.2. The van der Waals surface area contributed by atoms with Crippen LogP contribution in [0.25, 0.3) is 0 Å². The van der Waals surface area contributed by atoms with Crippen LogP contribution in [0.3, 0.4) is 0 Å². The molecule has 1 aliphatic rings. The molecule has 0 bridgehead atoms. The molecule has 0 aromatic heterocycles. The topological polar surface area (TPSA) is 3.24 Å². The highest BCUT2D eigenvalue weighted by molar-refractivity contribution is 4.87. The van der Waals surface area contributed by atoms with Crippen molar-refractivity contribution in [3.63, 3.8) is 0 Å². The Balaban J connectivity index is 0.000000561. The summed E-state index contributed by atoms with van der Waals surface area (Å²) in [4.78, 5) is 2.18. The molecule has 0 radical (unpaired) electrons. The Morgan fingerprint density at radius 3 is 2.00 bits per heavy atom. The summed E-state index contributed by atoms with van der Waals surface area (Å²) in [6, 6.07) is 0.498. The van der Waals surface area contributed by atoms with Crippen molar-refractivity contribution in [3.8, 4) is 0 Å². The second-order valence-corrected chi connectivity index (χ2v) is 3.73. The van der Waals surface area contributed by atoms with Crippen LogP contribution in [0.4, 0.5) is 4.39 Å². The SMILES string of the molecule is CC.CC(C)N1CCC(C)(F)C1. The van der Waals surface area contributed by atoms with Crippen molar-refractivity contribution in [2.24, 2.45) is 0 Å². The first-order valence-corrected chi connectivity index (χ1v) is 4.94. The Morgan fingerprint density at radius 2 is 1.83 bits per heavy atom. The van der Waals surface area contributed by atoms with E-state index >= 15 is 0 Å². The van der Waals surface area contributed by atoms with Crippen molar-refractivity contribution in [1.82, 2.24) is 4.90 Å². The molecular formula is C10H22FN. The Bertz CT molecular complexity index is 121. The minimum absolute atomic E-state index is 0.498. The molecule has 0 N–H and O–H groups in total. The predicted molar refractivity (Wildman–Crippen MR) is 52.2 cm³/mol. The lowest BCUT2D eigenvalue weighted by molar-refractivity contribution is 0.174. The summed E-state index contributed by atoms with van der Waals surface area (Å²) in [5, 5.41) is 0. The van der Waals surface area contributed by atoms with Gasteiger partial charge in [-0.05, 0) is 27.2 Å². The highest BCUT2D eigenvalue weighted by atomic mass is 19.1. The van der Waals surface area contributed by atoms with Crippen molar-refractivity contribution in [3.05, 3.63) is 0 Å². The summed E-state index contributed by atoms with van der Waals surface area (Å²) in [7, 11) is 0. The number of halogens is 1. The second-order valence-electron chi connectivity index (χ2n) is 3.73. The molecule has 1 atom stereocenters. The highest BCUT2D eigenvalue weighted by Gasteiger charge is 2.34. The van der Waals surface area contributed by atoms with Gasteiger partial charge in [-0.1, -0.05) is 13.8 Å². The van der Waals surface area contributed by atoms with Crippen LogP contribution in [0, 0.1) is 0 Å². The third kappa shape index (κ3) is 3.53. The van der Waals surface area contributed by atoms with Crippen molar-refractivity contribution in [2.75, 3.05) is 13.1 Å². The quantitative estimate of drug-likeness (QED) is 0.592. The molecule has 1 saturated heterocycles. The lowest BCUT2D eigenvalue weighted by Crippen LogP contribution is -2.31. The minimum atomic E-state index is -0.926. The van der Waals surface area contributed by atoms with E-state index in [2.05, 4.69) is 18.7 Å². The predicted octanol–water partition coefficient (Wildman–Crippen LogP) is 2.85. The molecule has 1 nitrogen and oxygen atoms in total. The van der Waals surface area contributed by atoms with Crippen LogP contribution in [0.2, 0.25) is 0 Å². The number of likely N-dealkylation sites (tertiary alicyclic amines) is 1. The number of hydrogen-bond acceptors (Lipinski definition) is 1. The Morgan fingerprint density at radius 1 is 1.33 bits per heavy atom. The van der Waals surface area contributed by atoms with E-state index in [1.807, 2.05) is 13.8 Å². The maximum Gasteiger partial charge on any atom is 0.122 e. The van der Waals surface area contributed by atoms with E-state index in [9.17, 15) is 4.39 Å². The molecule has 74 valence electrons. The number of alkyl halides is 1. The average Bonchev–Trinajstić information content (AvgIpc) is 2.35. The molecule has 2 heteroatoms. The van der Waals surface area contributed by atoms with Gasteiger partial charge in [0.25, 0.3) is 0 Å². The van der Waals surface area contributed by atoms with Crippen molar-refractivity contribution < 1.29 is 4.39 Å². The summed E-state index contributed by atoms with van der Waals surface area (Å²) in [5.41, 5.74) is -0.926. The third-order valence-corrected chi connectivity index (χ3v) is 2.18. The summed E-state index contributed by atoms with van der Waals surface area (Å²) < 4.78 is 13.2. The van der Waals surface area contributed by atoms with Gasteiger partial charge in [0.15, 0.2) is 0 Å². The Hall–Kier alpha value is -0.110. The van der Waals surface area contributed by atoms with Gasteiger partial charge in [-0.25, -0.2) is 4.39 Å². The zero-order chi connectivity index (χ0) is 9.78. The molecule has 0 aromatic carbocycles. The maximum absolute atomic E-state index is 13.2. The van der Waals surface area contributed by atoms with E-state index in [4.69, 9.17) is 0 Å². The molecule has 0 saturated carbocycles. The largest absolute Gasteiger partial charge is 0.298 e. The number of rotatable bonds is 1. The van der Waals surface area contributed by atoms with Crippen LogP contribution in [0.5, 0.6) is 0 Å². The zero-order valence-corrected chi connectivity index (χ0v) is 9.02. The first-order chi connectivity index (χ1) is 5.51. The molecule has 0 aliphatic carbocycles. The fourth-order valence-electron chi connectivity index (χ4n) is 1.40. The third-order valence-electron chi connectivity index (χ3n) is 2.18. The van der Waals surface area contributed by atoms with Gasteiger partial charge >= 0.3 is 0 Å². The van der Waals surface area contributed by atoms with E-state index in [1.165, 1.54) is 0 Å². The lowest BCUT2D eigenvalue weighted by Gasteiger charge is -2.20. The van der Waals surface area contributed by atoms with Crippen LogP contribution in [-0.4, -0.2) is 29.7 Å². The average molecular weight is 175 g/mol. The van der Waals surface area contributed by atoms with Gasteiger partial charge in [0.1, 0.15) is 5.67 Å². The number of nitrogens with zero attached hydrogens (tertiary/aromatic N) is 1. The second kappa shape index (κ2) is 4.80. The molecule has 0 aromatic rings. The fourth-order valence-corrected chi connectivity index (χ4v) is 1.40. The van der Waals surface area contributed by atoms with Crippen LogP contribution in [0.15, 0.2) is 0 Å². The molecule has 1 unspecified atom stereocenters. The molecule has 1 fully saturated rings. The zero-order valence-electron chi connectivity index (χ0n) is 9.02. The molecule has 1 heterocycles. The molecule has 12 heavy (non-hydrogen) atoms. The van der Waals surface area contributed by atoms with Crippen LogP contribution in [0.1, 0.15) is 41.0 Å². The van der Waals surface area contributed by atoms with Gasteiger partial charge in [0, 0.05) is 19.1 Å². The molecule has 0 spiro atoms. The maximum atomic E-state index is 13.2. The van der Waals surface area contributed by atoms with Crippen molar-refractivity contribution in [1.29, 1.82) is 0 Å². The summed E-state index contributed by atoms with van der Waals surface area (Å²) in [5.74, 6) is 0. The monoisotopic (exact) mass is 175 g/mol. The lowest BCUT2D eigenvalue weighted by atomic mass is 10.1. The highest BCUT2D eigenvalue weighted by Crippen LogP contribution is 2.25. The van der Waals surface area contributed by atoms with Gasteiger partial charge in [0.05, 0.1) is 0 Å². The van der Waals surface area contributed by atoms with Gasteiger partial charge < -0.3 is 0 Å². The van der Waals surface area contributed by atoms with E-state index < -0.39 is 5.67 Å². The first-order valence-electron chi connectivity index (χ1n) is 4.94. The van der Waals surface area contributed by atoms with Gasteiger partial charge in [-0.2, -0.15) is 0 Å². The first kappa shape index (κ1) is 11.9. The fraction of sp³-hybridized carbons (Fsp3) is 1.00. The summed E-state index contributed by atoms with van der Waals surface area (Å²) >= 11 is 0. The molecular weight excluding hydrogens is 153 g/mol. The van der Waals surface area contributed by atoms with Gasteiger partial charge in [0.2, 0.25) is 0 Å². The van der Waals surface area contributed by atoms with Gasteiger partial charge in [-0.3, -0.25) is 4.90 Å².